The number of fused-ring (bicyclic) bond motifs is 2. The minimum absolute atomic E-state index is 0.186. The maximum absolute atomic E-state index is 13.7. The van der Waals surface area contributed by atoms with Gasteiger partial charge in [0, 0.05) is 11.4 Å². The molecule has 1 heterocycles. The van der Waals surface area contributed by atoms with Gasteiger partial charge in [-0.3, -0.25) is 4.90 Å². The van der Waals surface area contributed by atoms with Crippen molar-refractivity contribution in [3.05, 3.63) is 182 Å². The summed E-state index contributed by atoms with van der Waals surface area (Å²) in [6, 6.07) is 57.3. The summed E-state index contributed by atoms with van der Waals surface area (Å²) in [6.07, 6.45) is -4.56. The summed E-state index contributed by atoms with van der Waals surface area (Å²) >= 11 is 0. The van der Waals surface area contributed by atoms with E-state index in [2.05, 4.69) is 102 Å². The van der Waals surface area contributed by atoms with Gasteiger partial charge in [0.25, 0.3) is 0 Å². The zero-order valence-electron chi connectivity index (χ0n) is 26.3. The van der Waals surface area contributed by atoms with Crippen LogP contribution in [0.1, 0.15) is 5.69 Å². The lowest BCUT2D eigenvalue weighted by atomic mass is 9.84. The van der Waals surface area contributed by atoms with Crippen LogP contribution in [0.15, 0.2) is 176 Å². The van der Waals surface area contributed by atoms with E-state index in [1.807, 2.05) is 60.7 Å². The van der Waals surface area contributed by atoms with Gasteiger partial charge in [-0.2, -0.15) is 13.2 Å². The number of pyridine rings is 1. The van der Waals surface area contributed by atoms with Gasteiger partial charge in [-0.1, -0.05) is 140 Å². The van der Waals surface area contributed by atoms with Crippen LogP contribution in [0.4, 0.5) is 30.4 Å². The van der Waals surface area contributed by atoms with E-state index in [0.717, 1.165) is 49.9 Å². The Hall–Kier alpha value is -6.20. The van der Waals surface area contributed by atoms with Gasteiger partial charge in [-0.25, -0.2) is 4.98 Å². The Balaban J connectivity index is 1.31. The Morgan fingerprint density at radius 1 is 0.388 bits per heavy atom. The Morgan fingerprint density at radius 3 is 1.47 bits per heavy atom. The molecule has 0 bridgehead atoms. The summed E-state index contributed by atoms with van der Waals surface area (Å²) in [5.74, 6) is 0.186. The third kappa shape index (κ3) is 5.59. The van der Waals surface area contributed by atoms with E-state index < -0.39 is 11.9 Å². The van der Waals surface area contributed by atoms with Crippen LogP contribution in [0, 0.1) is 0 Å². The molecule has 5 heteroatoms. The highest BCUT2D eigenvalue weighted by Crippen LogP contribution is 2.46. The molecular weight excluding hydrogens is 613 g/mol. The highest BCUT2D eigenvalue weighted by Gasteiger charge is 2.33. The van der Waals surface area contributed by atoms with Crippen LogP contribution in [0.3, 0.4) is 0 Å². The minimum atomic E-state index is -4.56. The van der Waals surface area contributed by atoms with Gasteiger partial charge in [-0.05, 0) is 91.3 Å². The zero-order valence-corrected chi connectivity index (χ0v) is 26.3. The van der Waals surface area contributed by atoms with Crippen molar-refractivity contribution in [1.82, 2.24) is 4.98 Å². The van der Waals surface area contributed by atoms with Crippen molar-refractivity contribution in [2.24, 2.45) is 0 Å². The van der Waals surface area contributed by atoms with Gasteiger partial charge >= 0.3 is 6.18 Å². The second kappa shape index (κ2) is 12.4. The standard InChI is InChI=1S/C44H29F3N2/c45-44(46,47)40-24-13-25-41(48-40)49(32-16-5-2-6-17-32)33-28-26-31(27-29-33)42-36-20-9-11-22-38(36)43(39-23-12-10-21-37(39)42)35-19-8-7-18-34(35)30-14-3-1-4-15-30/h1-29H. The van der Waals surface area contributed by atoms with Crippen molar-refractivity contribution in [2.45, 2.75) is 6.18 Å². The second-order valence-electron chi connectivity index (χ2n) is 11.8. The quantitative estimate of drug-likeness (QED) is 0.168. The van der Waals surface area contributed by atoms with Crippen molar-refractivity contribution in [1.29, 1.82) is 0 Å². The molecule has 0 saturated heterocycles. The van der Waals surface area contributed by atoms with Gasteiger partial charge in [0.15, 0.2) is 0 Å². The average Bonchev–Trinajstić information content (AvgIpc) is 3.15. The first-order chi connectivity index (χ1) is 24.0. The largest absolute Gasteiger partial charge is 0.433 e. The molecule has 0 fully saturated rings. The fourth-order valence-electron chi connectivity index (χ4n) is 6.77. The van der Waals surface area contributed by atoms with Crippen LogP contribution in [0.25, 0.3) is 54.9 Å². The number of benzene rings is 7. The van der Waals surface area contributed by atoms with Crippen molar-refractivity contribution >= 4 is 38.7 Å². The molecule has 0 atom stereocenters. The molecule has 0 unspecified atom stereocenters. The summed E-state index contributed by atoms with van der Waals surface area (Å²) in [7, 11) is 0. The summed E-state index contributed by atoms with van der Waals surface area (Å²) in [6.45, 7) is 0. The molecule has 7 aromatic carbocycles. The van der Waals surface area contributed by atoms with E-state index >= 15 is 0 Å². The van der Waals surface area contributed by atoms with Crippen molar-refractivity contribution in [2.75, 3.05) is 4.90 Å². The van der Waals surface area contributed by atoms with E-state index in [-0.39, 0.29) is 5.82 Å². The number of hydrogen-bond donors (Lipinski definition) is 0. The molecule has 0 saturated carbocycles. The van der Waals surface area contributed by atoms with Crippen molar-refractivity contribution in [3.8, 4) is 33.4 Å². The monoisotopic (exact) mass is 642 g/mol. The fourth-order valence-corrected chi connectivity index (χ4v) is 6.77. The molecule has 0 aliphatic heterocycles. The first kappa shape index (κ1) is 30.2. The number of nitrogens with zero attached hydrogens (tertiary/aromatic N) is 2. The zero-order chi connectivity index (χ0) is 33.4. The highest BCUT2D eigenvalue weighted by atomic mass is 19.4. The number of para-hydroxylation sites is 1. The molecule has 8 rings (SSSR count). The minimum Gasteiger partial charge on any atom is -0.295 e. The Bertz CT molecular complexity index is 2360. The molecule has 0 spiro atoms. The maximum atomic E-state index is 13.7. The Labute approximate surface area is 282 Å². The molecule has 0 N–H and O–H groups in total. The van der Waals surface area contributed by atoms with Crippen LogP contribution >= 0.6 is 0 Å². The number of alkyl halides is 3. The van der Waals surface area contributed by atoms with Gasteiger partial charge in [0.2, 0.25) is 0 Å². The topological polar surface area (TPSA) is 16.1 Å². The first-order valence-electron chi connectivity index (χ1n) is 16.1. The second-order valence-corrected chi connectivity index (χ2v) is 11.8. The third-order valence-electron chi connectivity index (χ3n) is 8.90. The highest BCUT2D eigenvalue weighted by molar-refractivity contribution is 6.22. The molecule has 49 heavy (non-hydrogen) atoms. The van der Waals surface area contributed by atoms with E-state index in [1.54, 1.807) is 11.0 Å². The van der Waals surface area contributed by atoms with Crippen LogP contribution in [-0.2, 0) is 6.18 Å². The fraction of sp³-hybridized carbons (Fsp3) is 0.0227. The molecule has 0 aliphatic carbocycles. The van der Waals surface area contributed by atoms with Gasteiger partial charge in [-0.15, -0.1) is 0 Å². The summed E-state index contributed by atoms with van der Waals surface area (Å²) in [5, 5.41) is 4.52. The molecule has 1 aromatic heterocycles. The lowest BCUT2D eigenvalue weighted by molar-refractivity contribution is -0.141. The van der Waals surface area contributed by atoms with Crippen LogP contribution in [0.5, 0.6) is 0 Å². The summed E-state index contributed by atoms with van der Waals surface area (Å²) in [5.41, 5.74) is 7.24. The summed E-state index contributed by atoms with van der Waals surface area (Å²) < 4.78 is 41.1. The smallest absolute Gasteiger partial charge is 0.295 e. The van der Waals surface area contributed by atoms with Crippen LogP contribution in [-0.4, -0.2) is 4.98 Å². The average molecular weight is 643 g/mol. The molecular formula is C44H29F3N2. The molecule has 236 valence electrons. The van der Waals surface area contributed by atoms with E-state index in [0.29, 0.717) is 11.4 Å². The number of halogens is 3. The number of hydrogen-bond acceptors (Lipinski definition) is 2. The van der Waals surface area contributed by atoms with Crippen LogP contribution in [0.2, 0.25) is 0 Å². The SMILES string of the molecule is FC(F)(F)c1cccc(N(c2ccccc2)c2ccc(-c3c4ccccc4c(-c4ccccc4-c4ccccc4)c4ccccc34)cc2)n1. The maximum Gasteiger partial charge on any atom is 0.433 e. The normalized spacial score (nSPS) is 11.6. The summed E-state index contributed by atoms with van der Waals surface area (Å²) in [4.78, 5) is 5.78. The van der Waals surface area contributed by atoms with Gasteiger partial charge in [0.05, 0.1) is 0 Å². The van der Waals surface area contributed by atoms with E-state index in [4.69, 9.17) is 0 Å². The molecule has 0 amide bonds. The van der Waals surface area contributed by atoms with Gasteiger partial charge in [0.1, 0.15) is 11.5 Å². The first-order valence-corrected chi connectivity index (χ1v) is 16.1. The lowest BCUT2D eigenvalue weighted by Crippen LogP contribution is -2.15. The van der Waals surface area contributed by atoms with Crippen LogP contribution < -0.4 is 4.90 Å². The lowest BCUT2D eigenvalue weighted by Gasteiger charge is -2.25. The third-order valence-corrected chi connectivity index (χ3v) is 8.90. The van der Waals surface area contributed by atoms with Crippen molar-refractivity contribution < 1.29 is 13.2 Å². The molecule has 2 nitrogen and oxygen atoms in total. The van der Waals surface area contributed by atoms with Gasteiger partial charge < -0.3 is 0 Å². The predicted octanol–water partition coefficient (Wildman–Crippen LogP) is 12.9. The Kier molecular flexibility index (Phi) is 7.65. The van der Waals surface area contributed by atoms with Crippen molar-refractivity contribution in [3.63, 3.8) is 0 Å². The number of aromatic nitrogens is 1. The Morgan fingerprint density at radius 2 is 0.878 bits per heavy atom. The predicted molar refractivity (Wildman–Crippen MR) is 195 cm³/mol. The number of anilines is 3. The van der Waals surface area contributed by atoms with E-state index in [9.17, 15) is 13.2 Å². The molecule has 0 aliphatic rings. The molecule has 8 aromatic rings. The number of rotatable bonds is 6. The van der Waals surface area contributed by atoms with E-state index in [1.165, 1.54) is 17.2 Å². The molecule has 0 radical (unpaired) electrons.